The van der Waals surface area contributed by atoms with E-state index in [0.717, 1.165) is 114 Å². The van der Waals surface area contributed by atoms with E-state index in [1.165, 1.54) is 55.5 Å². The number of aromatic nitrogens is 19. The highest BCUT2D eigenvalue weighted by molar-refractivity contribution is 9.11. The van der Waals surface area contributed by atoms with Gasteiger partial charge in [-0.05, 0) is 172 Å². The van der Waals surface area contributed by atoms with Crippen LogP contribution in [0.5, 0.6) is 0 Å². The van der Waals surface area contributed by atoms with Crippen LogP contribution in [0.4, 0.5) is 37.9 Å². The molecule has 1 aliphatic rings. The predicted molar refractivity (Wildman–Crippen MR) is 431 cm³/mol. The molecule has 24 nitrogen and oxygen atoms in total. The van der Waals surface area contributed by atoms with Gasteiger partial charge in [-0.2, -0.15) is 38.5 Å². The molecule has 108 heavy (non-hydrogen) atoms. The summed E-state index contributed by atoms with van der Waals surface area (Å²) in [5.74, 6) is 3.64. The largest absolute Gasteiger partial charge is 0.384 e. The molecule has 0 spiro atoms. The van der Waals surface area contributed by atoms with Crippen molar-refractivity contribution in [2.24, 2.45) is 0 Å². The molecule has 19 rings (SSSR count). The Hall–Kier alpha value is -11.9. The summed E-state index contributed by atoms with van der Waals surface area (Å²) < 4.78 is 38.8. The molecule has 0 saturated heterocycles. The van der Waals surface area contributed by atoms with E-state index in [1.54, 1.807) is 107 Å². The standard InChI is InChI=1S/C20H14BrFN6.C20H21BrN6.C20H15BrN6.C18H14BrFN6/c21-14-10-26-28-19(23-9-12-5-6-16-18(7-12)25-11-24-16)8-17(27-20(14)28)13-3-1-2-4-15(13)22;2*21-15-11-25-27-19(9-17(26-20(15)27)14-4-2-1-3-5-14)22-10-13-6-7-16-18(8-13)24-12-23-16;19-13-10-24-26-17(23-9-11-5-6-22-16(21)7-11)8-15(25-18(13)26)12-3-1-2-4-14(12)20/h1-8,10-11,23H,9H2,(H,24,25);6-9,11-12,14,22H,1-5,10H2,(H,23,24);1-9,11-12,22H,10H2,(H,23,24);1-8,10,23H,9H2,(H2,21,22). The van der Waals surface area contributed by atoms with E-state index >= 15 is 0 Å². The van der Waals surface area contributed by atoms with E-state index in [4.69, 9.17) is 15.7 Å². The maximum atomic E-state index is 14.3. The third-order valence-electron chi connectivity index (χ3n) is 18.3. The second-order valence-corrected chi connectivity index (χ2v) is 28.9. The maximum absolute atomic E-state index is 14.3. The average molecular weight is 1700 g/mol. The van der Waals surface area contributed by atoms with Crippen LogP contribution in [0.1, 0.15) is 66.0 Å². The Kier molecular flexibility index (Phi) is 20.7. The fourth-order valence-corrected chi connectivity index (χ4v) is 14.3. The second kappa shape index (κ2) is 31.7. The smallest absolute Gasteiger partial charge is 0.172 e. The van der Waals surface area contributed by atoms with Gasteiger partial charge in [-0.15, -0.1) is 0 Å². The van der Waals surface area contributed by atoms with Gasteiger partial charge in [0.1, 0.15) is 40.7 Å². The lowest BCUT2D eigenvalue weighted by molar-refractivity contribution is 0.437. The van der Waals surface area contributed by atoms with Crippen molar-refractivity contribution in [1.82, 2.24) is 93.3 Å². The molecule has 0 amide bonds. The number of hydrogen-bond donors (Lipinski definition) is 8. The van der Waals surface area contributed by atoms with E-state index in [1.807, 2.05) is 75.9 Å². The van der Waals surface area contributed by atoms with Gasteiger partial charge >= 0.3 is 0 Å². The van der Waals surface area contributed by atoms with E-state index < -0.39 is 0 Å². The Morgan fingerprint density at radius 3 is 1.20 bits per heavy atom. The van der Waals surface area contributed by atoms with Crippen LogP contribution in [-0.2, 0) is 26.2 Å². The van der Waals surface area contributed by atoms with Crippen LogP contribution in [0.25, 0.3) is 89.5 Å². The quantitative estimate of drug-likeness (QED) is 0.0446. The predicted octanol–water partition coefficient (Wildman–Crippen LogP) is 18.3. The van der Waals surface area contributed by atoms with Crippen molar-refractivity contribution in [3.05, 3.63) is 277 Å². The van der Waals surface area contributed by atoms with Crippen molar-refractivity contribution in [3.8, 4) is 33.8 Å². The minimum Gasteiger partial charge on any atom is -0.384 e. The maximum Gasteiger partial charge on any atom is 0.172 e. The molecular formula is C78H64Br4F2N24. The minimum absolute atomic E-state index is 0.314. The zero-order valence-corrected chi connectivity index (χ0v) is 63.6. The van der Waals surface area contributed by atoms with Crippen molar-refractivity contribution >= 4 is 148 Å². The van der Waals surface area contributed by atoms with Crippen LogP contribution in [0.15, 0.2) is 238 Å². The Morgan fingerprint density at radius 2 is 0.778 bits per heavy atom. The number of nitrogens with two attached hydrogens (primary N) is 1. The van der Waals surface area contributed by atoms with Gasteiger partial charge in [0.05, 0.1) is 112 Å². The van der Waals surface area contributed by atoms with E-state index in [2.05, 4.69) is 193 Å². The third-order valence-corrected chi connectivity index (χ3v) is 20.6. The van der Waals surface area contributed by atoms with Crippen molar-refractivity contribution in [2.75, 3.05) is 27.0 Å². The summed E-state index contributed by atoms with van der Waals surface area (Å²) in [5.41, 5.74) is 24.0. The van der Waals surface area contributed by atoms with Gasteiger partial charge in [0.25, 0.3) is 0 Å². The fourth-order valence-electron chi connectivity index (χ4n) is 12.9. The van der Waals surface area contributed by atoms with Crippen molar-refractivity contribution in [2.45, 2.75) is 64.2 Å². The van der Waals surface area contributed by atoms with Crippen LogP contribution in [0, 0.1) is 11.6 Å². The van der Waals surface area contributed by atoms with Gasteiger partial charge in [0.15, 0.2) is 22.6 Å². The topological polar surface area (TPSA) is 294 Å². The molecule has 0 atom stereocenters. The highest BCUT2D eigenvalue weighted by Crippen LogP contribution is 2.36. The molecule has 538 valence electrons. The van der Waals surface area contributed by atoms with Crippen LogP contribution < -0.4 is 27.0 Å². The molecule has 1 saturated carbocycles. The minimum atomic E-state index is -0.326. The highest BCUT2D eigenvalue weighted by Gasteiger charge is 2.22. The number of pyridine rings is 1. The average Bonchev–Trinajstić information content (AvgIpc) is 1.60. The van der Waals surface area contributed by atoms with Gasteiger partial charge < -0.3 is 42.0 Å². The van der Waals surface area contributed by atoms with Gasteiger partial charge in [0, 0.05) is 84.9 Å². The number of imidazole rings is 3. The number of nitrogens with one attached hydrogen (secondary N) is 7. The number of nitrogens with zero attached hydrogens (tertiary/aromatic N) is 16. The molecule has 0 bridgehead atoms. The number of aromatic amines is 3. The number of fused-ring (bicyclic) bond motifs is 7. The van der Waals surface area contributed by atoms with E-state index in [-0.39, 0.29) is 11.6 Å². The number of benzene rings is 6. The lowest BCUT2D eigenvalue weighted by Gasteiger charge is -2.22. The molecule has 0 unspecified atom stereocenters. The van der Waals surface area contributed by atoms with Gasteiger partial charge in [-0.1, -0.05) is 92.1 Å². The highest BCUT2D eigenvalue weighted by atomic mass is 79.9. The Labute approximate surface area is 648 Å². The zero-order chi connectivity index (χ0) is 73.6. The number of hydrogen-bond acceptors (Lipinski definition) is 17. The Bertz CT molecular complexity index is 6240. The summed E-state index contributed by atoms with van der Waals surface area (Å²) in [6.45, 7) is 2.47. The first kappa shape index (κ1) is 70.5. The number of halogens is 6. The number of anilines is 5. The Morgan fingerprint density at radius 1 is 0.398 bits per heavy atom. The SMILES string of the molecule is Brc1cnn2c(NCc3ccc4nc[nH]c4c3)cc(-c3ccccc3)nc12.Brc1cnn2c(NCc3ccc4nc[nH]c4c3)cc(C3CCCCC3)nc12.Fc1ccccc1-c1cc(NCc2ccc3nc[nH]c3c2)n2ncc(Br)c2n1.Nc1cc(CNc2cc(-c3ccccc3F)nc3c(Br)cnn23)ccn1. The molecule has 1 fully saturated rings. The molecule has 0 aliphatic heterocycles. The first-order chi connectivity index (χ1) is 52.9. The van der Waals surface area contributed by atoms with Crippen LogP contribution in [-0.4, -0.2) is 93.3 Å². The first-order valence-corrected chi connectivity index (χ1v) is 37.7. The Balaban J connectivity index is 0.000000110. The number of rotatable bonds is 16. The molecular weight excluding hydrogens is 1630 g/mol. The van der Waals surface area contributed by atoms with Crippen molar-refractivity contribution in [1.29, 1.82) is 0 Å². The summed E-state index contributed by atoms with van der Waals surface area (Å²) in [4.78, 5) is 45.0. The van der Waals surface area contributed by atoms with Crippen molar-refractivity contribution in [3.63, 3.8) is 0 Å². The summed E-state index contributed by atoms with van der Waals surface area (Å²) in [6.07, 6.45) is 20.1. The monoisotopic (exact) mass is 1690 g/mol. The van der Waals surface area contributed by atoms with Gasteiger partial charge in [-0.25, -0.2) is 48.7 Å². The molecule has 12 heterocycles. The van der Waals surface area contributed by atoms with Crippen LogP contribution in [0.3, 0.4) is 0 Å². The van der Waals surface area contributed by atoms with E-state index in [9.17, 15) is 8.78 Å². The molecule has 9 N–H and O–H groups in total. The summed E-state index contributed by atoms with van der Waals surface area (Å²) in [6, 6.07) is 53.3. The molecule has 6 aromatic carbocycles. The molecule has 0 radical (unpaired) electrons. The molecule has 18 aromatic rings. The lowest BCUT2D eigenvalue weighted by atomic mass is 9.87. The summed E-state index contributed by atoms with van der Waals surface area (Å²) >= 11 is 14.0. The molecule has 1 aliphatic carbocycles. The molecule has 30 heteroatoms. The lowest BCUT2D eigenvalue weighted by Crippen LogP contribution is -2.11. The van der Waals surface area contributed by atoms with Crippen molar-refractivity contribution < 1.29 is 8.78 Å². The summed E-state index contributed by atoms with van der Waals surface area (Å²) in [5, 5.41) is 31.3. The second-order valence-electron chi connectivity index (χ2n) is 25.5. The van der Waals surface area contributed by atoms with Gasteiger partial charge in [0.2, 0.25) is 0 Å². The summed E-state index contributed by atoms with van der Waals surface area (Å²) in [7, 11) is 0. The van der Waals surface area contributed by atoms with E-state index in [0.29, 0.717) is 71.0 Å². The fraction of sp³-hybridized carbons (Fsp3) is 0.128. The van der Waals surface area contributed by atoms with Crippen LogP contribution in [0.2, 0.25) is 0 Å². The van der Waals surface area contributed by atoms with Crippen LogP contribution >= 0.6 is 63.7 Å². The molecule has 12 aromatic heterocycles. The normalized spacial score (nSPS) is 12.3. The number of nitrogen functional groups attached to an aromatic ring is 1. The zero-order valence-electron chi connectivity index (χ0n) is 57.2. The van der Waals surface area contributed by atoms with Gasteiger partial charge in [-0.3, -0.25) is 0 Å². The third kappa shape index (κ3) is 15.6. The first-order valence-electron chi connectivity index (χ1n) is 34.5. The number of H-pyrrole nitrogens is 3.